The minimum absolute atomic E-state index is 0.142. The van der Waals surface area contributed by atoms with Gasteiger partial charge in [-0.3, -0.25) is 4.79 Å². The van der Waals surface area contributed by atoms with Gasteiger partial charge in [-0.2, -0.15) is 0 Å². The van der Waals surface area contributed by atoms with Crippen molar-refractivity contribution in [2.24, 2.45) is 0 Å². The number of para-hydroxylation sites is 1. The van der Waals surface area contributed by atoms with Crippen molar-refractivity contribution in [3.63, 3.8) is 0 Å². The normalized spacial score (nSPS) is 11.4. The van der Waals surface area contributed by atoms with Gasteiger partial charge in [-0.05, 0) is 31.2 Å². The van der Waals surface area contributed by atoms with Crippen LogP contribution in [0.3, 0.4) is 0 Å². The highest BCUT2D eigenvalue weighted by atomic mass is 16.6. The predicted octanol–water partition coefficient (Wildman–Crippen LogP) is 3.11. The number of amides is 1. The predicted molar refractivity (Wildman–Crippen MR) is 112 cm³/mol. The van der Waals surface area contributed by atoms with Crippen LogP contribution in [-0.2, 0) is 19.1 Å². The standard InChI is InChI=1S/C22H28N2O5/c1-4-27-22(26)16-29-21(14-24(3)19-10-6-5-7-11-19)15-28-20-12-8-9-18(13-20)23-17(2)25/h5-13,21H,4,14-16H2,1-3H3,(H,23,25). The van der Waals surface area contributed by atoms with Gasteiger partial charge in [-0.1, -0.05) is 24.3 Å². The Morgan fingerprint density at radius 2 is 1.86 bits per heavy atom. The molecule has 0 radical (unpaired) electrons. The first kappa shape index (κ1) is 22.2. The smallest absolute Gasteiger partial charge is 0.332 e. The lowest BCUT2D eigenvalue weighted by molar-refractivity contribution is -0.150. The molecular formula is C22H28N2O5. The molecule has 0 heterocycles. The maximum absolute atomic E-state index is 11.7. The fraction of sp³-hybridized carbons (Fsp3) is 0.364. The van der Waals surface area contributed by atoms with Crippen molar-refractivity contribution in [2.45, 2.75) is 20.0 Å². The van der Waals surface area contributed by atoms with Crippen molar-refractivity contribution < 1.29 is 23.8 Å². The van der Waals surface area contributed by atoms with Crippen LogP contribution in [0.1, 0.15) is 13.8 Å². The minimum Gasteiger partial charge on any atom is -0.491 e. The average Bonchev–Trinajstić information content (AvgIpc) is 2.70. The van der Waals surface area contributed by atoms with E-state index in [1.807, 2.05) is 42.3 Å². The zero-order valence-electron chi connectivity index (χ0n) is 17.1. The lowest BCUT2D eigenvalue weighted by Gasteiger charge is -2.26. The van der Waals surface area contributed by atoms with Gasteiger partial charge < -0.3 is 24.4 Å². The van der Waals surface area contributed by atoms with E-state index in [2.05, 4.69) is 5.32 Å². The summed E-state index contributed by atoms with van der Waals surface area (Å²) in [6.45, 7) is 4.13. The van der Waals surface area contributed by atoms with Gasteiger partial charge in [0.15, 0.2) is 0 Å². The molecule has 0 bridgehead atoms. The molecule has 0 fully saturated rings. The van der Waals surface area contributed by atoms with Gasteiger partial charge in [0.2, 0.25) is 5.91 Å². The number of hydrogen-bond donors (Lipinski definition) is 1. The van der Waals surface area contributed by atoms with Crippen LogP contribution in [0.5, 0.6) is 5.75 Å². The highest BCUT2D eigenvalue weighted by Crippen LogP contribution is 2.18. The van der Waals surface area contributed by atoms with Crippen LogP contribution in [0.25, 0.3) is 0 Å². The van der Waals surface area contributed by atoms with E-state index in [-0.39, 0.29) is 25.2 Å². The van der Waals surface area contributed by atoms with Gasteiger partial charge in [0.05, 0.1) is 6.61 Å². The van der Waals surface area contributed by atoms with E-state index in [4.69, 9.17) is 14.2 Å². The molecule has 29 heavy (non-hydrogen) atoms. The van der Waals surface area contributed by atoms with E-state index in [0.29, 0.717) is 24.6 Å². The number of benzene rings is 2. The number of carbonyl (C=O) groups excluding carboxylic acids is 2. The van der Waals surface area contributed by atoms with Gasteiger partial charge in [-0.25, -0.2) is 4.79 Å². The minimum atomic E-state index is -0.410. The van der Waals surface area contributed by atoms with Crippen molar-refractivity contribution in [3.8, 4) is 5.75 Å². The summed E-state index contributed by atoms with van der Waals surface area (Å²) in [5.41, 5.74) is 1.69. The van der Waals surface area contributed by atoms with Crippen LogP contribution in [0.15, 0.2) is 54.6 Å². The number of anilines is 2. The van der Waals surface area contributed by atoms with Gasteiger partial charge >= 0.3 is 5.97 Å². The van der Waals surface area contributed by atoms with E-state index in [9.17, 15) is 9.59 Å². The monoisotopic (exact) mass is 400 g/mol. The van der Waals surface area contributed by atoms with E-state index < -0.39 is 5.97 Å². The van der Waals surface area contributed by atoms with Crippen molar-refractivity contribution in [1.29, 1.82) is 0 Å². The molecule has 1 atom stereocenters. The average molecular weight is 400 g/mol. The highest BCUT2D eigenvalue weighted by molar-refractivity contribution is 5.88. The summed E-state index contributed by atoms with van der Waals surface area (Å²) >= 11 is 0. The summed E-state index contributed by atoms with van der Waals surface area (Å²) in [5, 5.41) is 2.72. The molecule has 0 saturated heterocycles. The van der Waals surface area contributed by atoms with Gasteiger partial charge in [-0.15, -0.1) is 0 Å². The Bertz CT molecular complexity index is 782. The summed E-state index contributed by atoms with van der Waals surface area (Å²) in [6.07, 6.45) is -0.367. The molecule has 0 aliphatic carbocycles. The molecule has 156 valence electrons. The number of rotatable bonds is 11. The number of carbonyl (C=O) groups is 2. The first-order valence-corrected chi connectivity index (χ1v) is 9.51. The Labute approximate surface area is 171 Å². The molecule has 0 aliphatic heterocycles. The van der Waals surface area contributed by atoms with Crippen LogP contribution in [-0.4, -0.2) is 51.4 Å². The fourth-order valence-corrected chi connectivity index (χ4v) is 2.69. The molecule has 0 aliphatic rings. The molecule has 0 saturated carbocycles. The maximum atomic E-state index is 11.7. The van der Waals surface area contributed by atoms with Crippen LogP contribution in [0.2, 0.25) is 0 Å². The zero-order valence-corrected chi connectivity index (χ0v) is 17.1. The Morgan fingerprint density at radius 1 is 1.10 bits per heavy atom. The van der Waals surface area contributed by atoms with Gasteiger partial charge in [0.1, 0.15) is 25.1 Å². The molecule has 7 nitrogen and oxygen atoms in total. The highest BCUT2D eigenvalue weighted by Gasteiger charge is 2.16. The molecule has 2 aromatic carbocycles. The lowest BCUT2D eigenvalue weighted by Crippen LogP contribution is -2.36. The molecule has 7 heteroatoms. The van der Waals surface area contributed by atoms with Crippen LogP contribution < -0.4 is 15.0 Å². The van der Waals surface area contributed by atoms with E-state index >= 15 is 0 Å². The van der Waals surface area contributed by atoms with E-state index in [1.165, 1.54) is 6.92 Å². The van der Waals surface area contributed by atoms with Crippen molar-refractivity contribution in [2.75, 3.05) is 43.6 Å². The lowest BCUT2D eigenvalue weighted by atomic mass is 10.2. The van der Waals surface area contributed by atoms with Crippen LogP contribution in [0, 0.1) is 0 Å². The molecule has 1 unspecified atom stereocenters. The second-order valence-electron chi connectivity index (χ2n) is 6.47. The number of likely N-dealkylation sites (N-methyl/N-ethyl adjacent to an activating group) is 1. The molecule has 0 aromatic heterocycles. The number of ether oxygens (including phenoxy) is 3. The molecule has 2 aromatic rings. The van der Waals surface area contributed by atoms with Crippen LogP contribution in [0.4, 0.5) is 11.4 Å². The van der Waals surface area contributed by atoms with Gasteiger partial charge in [0.25, 0.3) is 0 Å². The first-order chi connectivity index (χ1) is 14.0. The summed E-state index contributed by atoms with van der Waals surface area (Å²) in [5.74, 6) is 0.0400. The molecule has 0 spiro atoms. The topological polar surface area (TPSA) is 77.1 Å². The quantitative estimate of drug-likeness (QED) is 0.584. The molecule has 1 amide bonds. The van der Waals surface area contributed by atoms with E-state index in [1.54, 1.807) is 31.2 Å². The molecule has 2 rings (SSSR count). The molecule has 1 N–H and O–H groups in total. The van der Waals surface area contributed by atoms with Crippen molar-refractivity contribution >= 4 is 23.3 Å². The second-order valence-corrected chi connectivity index (χ2v) is 6.47. The molecular weight excluding hydrogens is 372 g/mol. The Kier molecular flexibility index (Phi) is 8.98. The summed E-state index contributed by atoms with van der Waals surface area (Å²) < 4.78 is 16.6. The van der Waals surface area contributed by atoms with Crippen LogP contribution >= 0.6 is 0 Å². The third-order valence-corrected chi connectivity index (χ3v) is 4.01. The largest absolute Gasteiger partial charge is 0.491 e. The second kappa shape index (κ2) is 11.7. The number of nitrogens with zero attached hydrogens (tertiary/aromatic N) is 1. The zero-order chi connectivity index (χ0) is 21.1. The third kappa shape index (κ3) is 8.23. The Balaban J connectivity index is 2.00. The Morgan fingerprint density at radius 3 is 2.55 bits per heavy atom. The third-order valence-electron chi connectivity index (χ3n) is 4.01. The summed E-state index contributed by atoms with van der Waals surface area (Å²) in [4.78, 5) is 24.9. The van der Waals surface area contributed by atoms with E-state index in [0.717, 1.165) is 5.69 Å². The van der Waals surface area contributed by atoms with Crippen molar-refractivity contribution in [3.05, 3.63) is 54.6 Å². The SMILES string of the molecule is CCOC(=O)COC(COc1cccc(NC(C)=O)c1)CN(C)c1ccccc1. The number of nitrogens with one attached hydrogen (secondary N) is 1. The maximum Gasteiger partial charge on any atom is 0.332 e. The Hall–Kier alpha value is -3.06. The summed E-state index contributed by atoms with van der Waals surface area (Å²) in [7, 11) is 1.95. The number of esters is 1. The number of hydrogen-bond acceptors (Lipinski definition) is 6. The summed E-state index contributed by atoms with van der Waals surface area (Å²) in [6, 6.07) is 17.0. The first-order valence-electron chi connectivity index (χ1n) is 9.51. The van der Waals surface area contributed by atoms with Gasteiger partial charge in [0, 0.05) is 38.0 Å². The fourth-order valence-electron chi connectivity index (χ4n) is 2.69. The van der Waals surface area contributed by atoms with Crippen molar-refractivity contribution in [1.82, 2.24) is 0 Å².